The average molecular weight is 316 g/mol. The number of esters is 2. The lowest BCUT2D eigenvalue weighted by molar-refractivity contribution is 0.0516. The van der Waals surface area contributed by atoms with Crippen molar-refractivity contribution in [2.24, 2.45) is 0 Å². The molecule has 0 fully saturated rings. The van der Waals surface area contributed by atoms with Crippen molar-refractivity contribution in [3.63, 3.8) is 0 Å². The van der Waals surface area contributed by atoms with Gasteiger partial charge in [0, 0.05) is 5.56 Å². The van der Waals surface area contributed by atoms with Crippen molar-refractivity contribution in [2.45, 2.75) is 13.8 Å². The summed E-state index contributed by atoms with van der Waals surface area (Å²) >= 11 is 0. The van der Waals surface area contributed by atoms with Crippen LogP contribution < -0.4 is 0 Å². The van der Waals surface area contributed by atoms with Crippen molar-refractivity contribution in [1.82, 2.24) is 0 Å². The number of rotatable bonds is 5. The topological polar surface area (TPSA) is 52.6 Å². The molecule has 0 radical (unpaired) electrons. The molecule has 0 heterocycles. The Morgan fingerprint density at radius 3 is 2.13 bits per heavy atom. The van der Waals surface area contributed by atoms with Crippen LogP contribution >= 0.6 is 0 Å². The van der Waals surface area contributed by atoms with E-state index in [0.717, 1.165) is 0 Å². The first-order chi connectivity index (χ1) is 11.1. The van der Waals surface area contributed by atoms with Crippen LogP contribution in [-0.4, -0.2) is 25.2 Å². The van der Waals surface area contributed by atoms with E-state index in [1.807, 2.05) is 0 Å². The van der Waals surface area contributed by atoms with E-state index < -0.39 is 17.8 Å². The molecule has 0 unspecified atom stereocenters. The number of carbonyl (C=O) groups excluding carboxylic acids is 2. The highest BCUT2D eigenvalue weighted by molar-refractivity contribution is 5.98. The van der Waals surface area contributed by atoms with Gasteiger partial charge >= 0.3 is 11.9 Å². The molecule has 2 rings (SSSR count). The molecular formula is C18H17FO4. The Bertz CT molecular complexity index is 707. The standard InChI is InChI=1S/C18H17FO4/c1-3-22-17(20)13-10-8-12(9-11-13)16-14(18(21)23-4-2)6-5-7-15(16)19/h5-11H,3-4H2,1-2H3. The Morgan fingerprint density at radius 2 is 1.52 bits per heavy atom. The van der Waals surface area contributed by atoms with Crippen LogP contribution in [0.2, 0.25) is 0 Å². The maximum absolute atomic E-state index is 14.2. The van der Waals surface area contributed by atoms with Crippen molar-refractivity contribution < 1.29 is 23.5 Å². The molecule has 4 nitrogen and oxygen atoms in total. The van der Waals surface area contributed by atoms with E-state index in [4.69, 9.17) is 9.47 Å². The summed E-state index contributed by atoms with van der Waals surface area (Å²) in [6, 6.07) is 10.5. The Kier molecular flexibility index (Phi) is 5.46. The maximum Gasteiger partial charge on any atom is 0.338 e. The van der Waals surface area contributed by atoms with Crippen LogP contribution in [0.5, 0.6) is 0 Å². The minimum absolute atomic E-state index is 0.149. The third-order valence-electron chi connectivity index (χ3n) is 3.19. The van der Waals surface area contributed by atoms with Crippen LogP contribution in [-0.2, 0) is 9.47 Å². The molecule has 5 heteroatoms. The van der Waals surface area contributed by atoms with E-state index in [9.17, 15) is 14.0 Å². The highest BCUT2D eigenvalue weighted by Crippen LogP contribution is 2.28. The molecule has 0 atom stereocenters. The van der Waals surface area contributed by atoms with Crippen LogP contribution in [0.4, 0.5) is 4.39 Å². The van der Waals surface area contributed by atoms with Gasteiger partial charge in [-0.05, 0) is 43.7 Å². The fraction of sp³-hybridized carbons (Fsp3) is 0.222. The third-order valence-corrected chi connectivity index (χ3v) is 3.19. The molecule has 2 aromatic rings. The first-order valence-electron chi connectivity index (χ1n) is 7.31. The van der Waals surface area contributed by atoms with E-state index >= 15 is 0 Å². The van der Waals surface area contributed by atoms with Gasteiger partial charge in [0.1, 0.15) is 5.82 Å². The Balaban J connectivity index is 2.42. The molecule has 2 aromatic carbocycles. The maximum atomic E-state index is 14.2. The van der Waals surface area contributed by atoms with Crippen LogP contribution in [0, 0.1) is 5.82 Å². The second-order valence-electron chi connectivity index (χ2n) is 4.68. The van der Waals surface area contributed by atoms with Gasteiger partial charge in [-0.15, -0.1) is 0 Å². The number of ether oxygens (including phenoxy) is 2. The first-order valence-corrected chi connectivity index (χ1v) is 7.31. The van der Waals surface area contributed by atoms with Crippen molar-refractivity contribution >= 4 is 11.9 Å². The van der Waals surface area contributed by atoms with E-state index in [2.05, 4.69) is 0 Å². The quantitative estimate of drug-likeness (QED) is 0.786. The van der Waals surface area contributed by atoms with Gasteiger partial charge in [0.15, 0.2) is 0 Å². The average Bonchev–Trinajstić information content (AvgIpc) is 2.55. The number of carbonyl (C=O) groups is 2. The zero-order valence-electron chi connectivity index (χ0n) is 13.0. The Hall–Kier alpha value is -2.69. The molecule has 0 aliphatic heterocycles. The summed E-state index contributed by atoms with van der Waals surface area (Å²) < 4.78 is 24.1. The number of halogens is 1. The normalized spacial score (nSPS) is 10.2. The van der Waals surface area contributed by atoms with Gasteiger partial charge in [-0.3, -0.25) is 0 Å². The van der Waals surface area contributed by atoms with E-state index in [0.29, 0.717) is 11.1 Å². The van der Waals surface area contributed by atoms with Gasteiger partial charge in [0.05, 0.1) is 24.3 Å². The van der Waals surface area contributed by atoms with E-state index in [1.165, 1.54) is 30.3 Å². The molecule has 0 saturated carbocycles. The number of hydrogen-bond donors (Lipinski definition) is 0. The van der Waals surface area contributed by atoms with Gasteiger partial charge in [0.25, 0.3) is 0 Å². The molecule has 0 aliphatic carbocycles. The van der Waals surface area contributed by atoms with Crippen LogP contribution in [0.3, 0.4) is 0 Å². The van der Waals surface area contributed by atoms with Crippen molar-refractivity contribution in [2.75, 3.05) is 13.2 Å². The largest absolute Gasteiger partial charge is 0.462 e. The van der Waals surface area contributed by atoms with Crippen molar-refractivity contribution in [1.29, 1.82) is 0 Å². The predicted molar refractivity (Wildman–Crippen MR) is 83.7 cm³/mol. The fourth-order valence-corrected chi connectivity index (χ4v) is 2.18. The molecule has 0 amide bonds. The van der Waals surface area contributed by atoms with Gasteiger partial charge < -0.3 is 9.47 Å². The molecule has 0 aliphatic rings. The lowest BCUT2D eigenvalue weighted by Crippen LogP contribution is -2.08. The van der Waals surface area contributed by atoms with Gasteiger partial charge in [-0.25, -0.2) is 14.0 Å². The molecule has 23 heavy (non-hydrogen) atoms. The summed E-state index contributed by atoms with van der Waals surface area (Å²) in [6.45, 7) is 3.89. The minimum atomic E-state index is -0.587. The summed E-state index contributed by atoms with van der Waals surface area (Å²) in [5, 5.41) is 0. The molecule has 0 bridgehead atoms. The van der Waals surface area contributed by atoms with Gasteiger partial charge in [-0.2, -0.15) is 0 Å². The zero-order valence-corrected chi connectivity index (χ0v) is 13.0. The lowest BCUT2D eigenvalue weighted by atomic mass is 9.98. The van der Waals surface area contributed by atoms with E-state index in [-0.39, 0.29) is 24.3 Å². The molecule has 0 spiro atoms. The highest BCUT2D eigenvalue weighted by Gasteiger charge is 2.18. The molecular weight excluding hydrogens is 299 g/mol. The zero-order chi connectivity index (χ0) is 16.8. The van der Waals surface area contributed by atoms with Crippen LogP contribution in [0.15, 0.2) is 42.5 Å². The number of hydrogen-bond acceptors (Lipinski definition) is 4. The SMILES string of the molecule is CCOC(=O)c1ccc(-c2c(F)cccc2C(=O)OCC)cc1. The molecule has 0 saturated heterocycles. The molecule has 120 valence electrons. The van der Waals surface area contributed by atoms with E-state index in [1.54, 1.807) is 26.0 Å². The second kappa shape index (κ2) is 7.54. The lowest BCUT2D eigenvalue weighted by Gasteiger charge is -2.11. The summed E-state index contributed by atoms with van der Waals surface area (Å²) in [7, 11) is 0. The summed E-state index contributed by atoms with van der Waals surface area (Å²) in [5.41, 5.74) is 1.15. The number of benzene rings is 2. The van der Waals surface area contributed by atoms with Gasteiger partial charge in [-0.1, -0.05) is 18.2 Å². The molecule has 0 N–H and O–H groups in total. The van der Waals surface area contributed by atoms with Crippen molar-refractivity contribution in [3.05, 3.63) is 59.4 Å². The third kappa shape index (κ3) is 3.74. The van der Waals surface area contributed by atoms with Crippen LogP contribution in [0.1, 0.15) is 34.6 Å². The fourth-order valence-electron chi connectivity index (χ4n) is 2.18. The predicted octanol–water partition coefficient (Wildman–Crippen LogP) is 3.85. The smallest absolute Gasteiger partial charge is 0.338 e. The second-order valence-corrected chi connectivity index (χ2v) is 4.68. The monoisotopic (exact) mass is 316 g/mol. The Morgan fingerprint density at radius 1 is 0.913 bits per heavy atom. The van der Waals surface area contributed by atoms with Crippen molar-refractivity contribution in [3.8, 4) is 11.1 Å². The first kappa shape index (κ1) is 16.7. The van der Waals surface area contributed by atoms with Crippen LogP contribution in [0.25, 0.3) is 11.1 Å². The minimum Gasteiger partial charge on any atom is -0.462 e. The Labute approximate surface area is 133 Å². The van der Waals surface area contributed by atoms with Gasteiger partial charge in [0.2, 0.25) is 0 Å². The molecule has 0 aromatic heterocycles. The summed E-state index contributed by atoms with van der Waals surface area (Å²) in [6.07, 6.45) is 0. The summed E-state index contributed by atoms with van der Waals surface area (Å²) in [4.78, 5) is 23.6. The highest BCUT2D eigenvalue weighted by atomic mass is 19.1. The summed E-state index contributed by atoms with van der Waals surface area (Å²) in [5.74, 6) is -1.56.